The van der Waals surface area contributed by atoms with E-state index in [-0.39, 0.29) is 35.7 Å². The molecule has 0 saturated carbocycles. The summed E-state index contributed by atoms with van der Waals surface area (Å²) in [5.41, 5.74) is 7.50. The number of anilines is 2. The van der Waals surface area contributed by atoms with E-state index >= 15 is 0 Å². The van der Waals surface area contributed by atoms with Crippen LogP contribution >= 0.6 is 0 Å². The van der Waals surface area contributed by atoms with Crippen molar-refractivity contribution in [1.29, 1.82) is 0 Å². The lowest BCUT2D eigenvalue weighted by Gasteiger charge is -2.28. The SMILES string of the molecule is CC.Nc1noc2ccc(-n3nc(C(F)(F)F)c4c3C(=O)N(c3ccc(-c5ccccc5C=O)cc3)CC4)cc12. The number of carbonyl (C=O) groups excluding carboxylic acids is 2. The second-order valence-electron chi connectivity index (χ2n) is 8.79. The van der Waals surface area contributed by atoms with Crippen molar-refractivity contribution in [2.45, 2.75) is 26.4 Å². The summed E-state index contributed by atoms with van der Waals surface area (Å²) in [7, 11) is 0. The monoisotopic (exact) mass is 547 g/mol. The summed E-state index contributed by atoms with van der Waals surface area (Å²) < 4.78 is 47.8. The van der Waals surface area contributed by atoms with Crippen LogP contribution in [0.3, 0.4) is 0 Å². The molecule has 5 aromatic rings. The van der Waals surface area contributed by atoms with Crippen molar-refractivity contribution in [3.8, 4) is 16.8 Å². The van der Waals surface area contributed by atoms with Gasteiger partial charge in [0, 0.05) is 23.4 Å². The van der Waals surface area contributed by atoms with Crippen LogP contribution < -0.4 is 10.6 Å². The minimum Gasteiger partial charge on any atom is -0.380 e. The molecule has 0 spiro atoms. The molecule has 204 valence electrons. The lowest BCUT2D eigenvalue weighted by atomic mass is 9.99. The van der Waals surface area contributed by atoms with Crippen LogP contribution in [0.4, 0.5) is 24.7 Å². The predicted molar refractivity (Wildman–Crippen MR) is 145 cm³/mol. The molecular formula is C29H24F3N5O3. The second kappa shape index (κ2) is 10.3. The van der Waals surface area contributed by atoms with Crippen molar-refractivity contribution >= 4 is 34.7 Å². The molecule has 0 fully saturated rings. The summed E-state index contributed by atoms with van der Waals surface area (Å²) in [4.78, 5) is 26.5. The minimum absolute atomic E-state index is 0.0384. The van der Waals surface area contributed by atoms with E-state index in [0.29, 0.717) is 22.2 Å². The van der Waals surface area contributed by atoms with Crippen molar-refractivity contribution in [3.05, 3.63) is 89.2 Å². The van der Waals surface area contributed by atoms with Crippen molar-refractivity contribution in [1.82, 2.24) is 14.9 Å². The Kier molecular flexibility index (Phi) is 6.88. The van der Waals surface area contributed by atoms with Gasteiger partial charge < -0.3 is 15.2 Å². The maximum absolute atomic E-state index is 13.9. The molecule has 0 bridgehead atoms. The van der Waals surface area contributed by atoms with Gasteiger partial charge in [0.2, 0.25) is 0 Å². The lowest BCUT2D eigenvalue weighted by Crippen LogP contribution is -2.39. The number of alkyl halides is 3. The molecular weight excluding hydrogens is 523 g/mol. The first-order valence-corrected chi connectivity index (χ1v) is 12.6. The van der Waals surface area contributed by atoms with Gasteiger partial charge in [0.05, 0.1) is 11.1 Å². The third-order valence-electron chi connectivity index (χ3n) is 6.59. The van der Waals surface area contributed by atoms with E-state index in [1.807, 2.05) is 26.0 Å². The van der Waals surface area contributed by atoms with Gasteiger partial charge in [-0.1, -0.05) is 55.4 Å². The number of hydrogen-bond donors (Lipinski definition) is 1. The quantitative estimate of drug-likeness (QED) is 0.264. The Hall–Kier alpha value is -4.93. The highest BCUT2D eigenvalue weighted by Crippen LogP contribution is 2.38. The van der Waals surface area contributed by atoms with Crippen LogP contribution in [-0.4, -0.2) is 33.7 Å². The van der Waals surface area contributed by atoms with E-state index in [1.54, 1.807) is 36.4 Å². The van der Waals surface area contributed by atoms with Gasteiger partial charge in [0.25, 0.3) is 5.91 Å². The Morgan fingerprint density at radius 3 is 2.40 bits per heavy atom. The summed E-state index contributed by atoms with van der Waals surface area (Å²) in [6.07, 6.45) is -4.02. The first kappa shape index (κ1) is 26.7. The average molecular weight is 548 g/mol. The lowest BCUT2D eigenvalue weighted by molar-refractivity contribution is -0.141. The van der Waals surface area contributed by atoms with Gasteiger partial charge in [0.1, 0.15) is 5.69 Å². The van der Waals surface area contributed by atoms with E-state index in [2.05, 4.69) is 10.3 Å². The first-order chi connectivity index (χ1) is 19.3. The van der Waals surface area contributed by atoms with Crippen molar-refractivity contribution in [2.24, 2.45) is 0 Å². The summed E-state index contributed by atoms with van der Waals surface area (Å²) in [6.45, 7) is 4.04. The summed E-state index contributed by atoms with van der Waals surface area (Å²) in [5, 5.41) is 7.89. The van der Waals surface area contributed by atoms with Crippen LogP contribution in [-0.2, 0) is 12.6 Å². The van der Waals surface area contributed by atoms with E-state index < -0.39 is 17.8 Å². The number of nitrogens with two attached hydrogens (primary N) is 1. The van der Waals surface area contributed by atoms with Crippen LogP contribution in [0.2, 0.25) is 0 Å². The van der Waals surface area contributed by atoms with Gasteiger partial charge in [-0.25, -0.2) is 4.68 Å². The molecule has 8 nitrogen and oxygen atoms in total. The normalized spacial score (nSPS) is 13.1. The molecule has 11 heteroatoms. The molecule has 6 rings (SSSR count). The zero-order chi connectivity index (χ0) is 28.6. The molecule has 1 amide bonds. The zero-order valence-electron chi connectivity index (χ0n) is 21.6. The molecule has 40 heavy (non-hydrogen) atoms. The van der Waals surface area contributed by atoms with Crippen molar-refractivity contribution in [2.75, 3.05) is 17.2 Å². The number of hydrogen-bond acceptors (Lipinski definition) is 6. The molecule has 0 atom stereocenters. The Balaban J connectivity index is 0.00000158. The van der Waals surface area contributed by atoms with Crippen LogP contribution in [0.15, 0.2) is 71.3 Å². The Morgan fingerprint density at radius 2 is 1.70 bits per heavy atom. The summed E-state index contributed by atoms with van der Waals surface area (Å²) in [6, 6.07) is 18.5. The largest absolute Gasteiger partial charge is 0.435 e. The molecule has 0 saturated heterocycles. The molecule has 2 N–H and O–H groups in total. The maximum atomic E-state index is 13.9. The van der Waals surface area contributed by atoms with E-state index in [1.165, 1.54) is 23.1 Å². The maximum Gasteiger partial charge on any atom is 0.435 e. The third kappa shape index (κ3) is 4.49. The number of carbonyl (C=O) groups is 2. The highest BCUT2D eigenvalue weighted by molar-refractivity contribution is 6.08. The van der Waals surface area contributed by atoms with Gasteiger partial charge in [-0.3, -0.25) is 9.59 Å². The van der Waals surface area contributed by atoms with Gasteiger partial charge in [-0.15, -0.1) is 0 Å². The van der Waals surface area contributed by atoms with E-state index in [9.17, 15) is 22.8 Å². The van der Waals surface area contributed by atoms with Crippen LogP contribution in [0.1, 0.15) is 46.0 Å². The Labute approximate surface area is 226 Å². The number of amides is 1. The molecule has 0 aliphatic carbocycles. The summed E-state index contributed by atoms with van der Waals surface area (Å²) >= 11 is 0. The van der Waals surface area contributed by atoms with Gasteiger partial charge >= 0.3 is 6.18 Å². The molecule has 0 unspecified atom stereocenters. The number of rotatable bonds is 4. The smallest absolute Gasteiger partial charge is 0.380 e. The molecule has 3 heterocycles. The van der Waals surface area contributed by atoms with Crippen molar-refractivity contribution < 1.29 is 27.3 Å². The number of halogens is 3. The zero-order valence-corrected chi connectivity index (χ0v) is 21.6. The van der Waals surface area contributed by atoms with Crippen molar-refractivity contribution in [3.63, 3.8) is 0 Å². The second-order valence-corrected chi connectivity index (χ2v) is 8.79. The summed E-state index contributed by atoms with van der Waals surface area (Å²) in [5.74, 6) is -0.545. The molecule has 1 aliphatic rings. The standard InChI is InChI=1S/C27H18F3N5O3.C2H6/c28-27(29,30)24-20-11-12-34(17-7-5-15(6-8-17)19-4-2-1-3-16(19)14-36)26(37)23(20)35(32-24)18-9-10-22-21(13-18)25(31)33-38-22;1-2/h1-10,13-14H,11-12H2,(H2,31,33);1-2H3. The Bertz CT molecular complexity index is 1720. The van der Waals surface area contributed by atoms with Crippen LogP contribution in [0, 0.1) is 0 Å². The number of nitrogens with zero attached hydrogens (tertiary/aromatic N) is 4. The molecule has 2 aromatic heterocycles. The third-order valence-corrected chi connectivity index (χ3v) is 6.59. The number of aromatic nitrogens is 3. The van der Waals surface area contributed by atoms with Gasteiger partial charge in [-0.2, -0.15) is 18.3 Å². The number of fused-ring (bicyclic) bond motifs is 2. The highest BCUT2D eigenvalue weighted by Gasteiger charge is 2.43. The first-order valence-electron chi connectivity index (χ1n) is 12.6. The highest BCUT2D eigenvalue weighted by atomic mass is 19.4. The molecule has 0 radical (unpaired) electrons. The minimum atomic E-state index is -4.74. The number of aldehydes is 1. The number of benzene rings is 3. The average Bonchev–Trinajstić information content (AvgIpc) is 3.56. The van der Waals surface area contributed by atoms with E-state index in [4.69, 9.17) is 10.3 Å². The topological polar surface area (TPSA) is 107 Å². The molecule has 3 aromatic carbocycles. The van der Waals surface area contributed by atoms with Gasteiger partial charge in [0.15, 0.2) is 23.4 Å². The number of nitrogen functional groups attached to an aromatic ring is 1. The van der Waals surface area contributed by atoms with E-state index in [0.717, 1.165) is 22.1 Å². The van der Waals surface area contributed by atoms with Crippen LogP contribution in [0.25, 0.3) is 27.8 Å². The predicted octanol–water partition coefficient (Wildman–Crippen LogP) is 6.32. The Morgan fingerprint density at radius 1 is 1.00 bits per heavy atom. The fourth-order valence-electron chi connectivity index (χ4n) is 4.78. The van der Waals surface area contributed by atoms with Crippen LogP contribution in [0.5, 0.6) is 0 Å². The van der Waals surface area contributed by atoms with Gasteiger partial charge in [-0.05, 0) is 47.9 Å². The fourth-order valence-corrected chi connectivity index (χ4v) is 4.78. The molecule has 1 aliphatic heterocycles. The fraction of sp³-hybridized carbons (Fsp3) is 0.172.